The highest BCUT2D eigenvalue weighted by molar-refractivity contribution is 6.09. The molecule has 0 saturated carbocycles. The third-order valence-corrected chi connectivity index (χ3v) is 7.10. The van der Waals surface area contributed by atoms with Crippen LogP contribution < -0.4 is 10.6 Å². The highest BCUT2D eigenvalue weighted by Crippen LogP contribution is 2.46. The summed E-state index contributed by atoms with van der Waals surface area (Å²) in [5.41, 5.74) is 16.9. The van der Waals surface area contributed by atoms with Gasteiger partial charge in [0.25, 0.3) is 0 Å². The Hall–Kier alpha value is -3.83. The number of hydrogen-bond donors (Lipinski definition) is 1. The molecule has 1 aliphatic heterocycles. The van der Waals surface area contributed by atoms with Gasteiger partial charge in [0.2, 0.25) is 0 Å². The Morgan fingerprint density at radius 1 is 1.12 bits per heavy atom. The lowest BCUT2D eigenvalue weighted by Crippen LogP contribution is -2.45. The van der Waals surface area contributed by atoms with Gasteiger partial charge in [0.05, 0.1) is 22.4 Å². The van der Waals surface area contributed by atoms with Gasteiger partial charge in [-0.3, -0.25) is 0 Å². The average molecular weight is 450 g/mol. The molecule has 1 aromatic carbocycles. The van der Waals surface area contributed by atoms with Crippen molar-refractivity contribution in [1.29, 1.82) is 10.5 Å². The van der Waals surface area contributed by atoms with Gasteiger partial charge in [-0.1, -0.05) is 13.0 Å². The van der Waals surface area contributed by atoms with Crippen LogP contribution in [-0.4, -0.2) is 17.1 Å². The molecule has 172 valence electrons. The number of nitrogens with zero attached hydrogens (tertiary/aromatic N) is 4. The van der Waals surface area contributed by atoms with Gasteiger partial charge in [0, 0.05) is 23.4 Å². The largest absolute Gasteiger partial charge is 0.383 e. The molecule has 2 heterocycles. The van der Waals surface area contributed by atoms with Gasteiger partial charge in [-0.25, -0.2) is 4.98 Å². The van der Waals surface area contributed by atoms with Crippen LogP contribution in [0.2, 0.25) is 0 Å². The summed E-state index contributed by atoms with van der Waals surface area (Å²) in [5.74, 6) is 0.171. The van der Waals surface area contributed by atoms with Gasteiger partial charge in [-0.2, -0.15) is 10.5 Å². The molecular formula is C29H31N5. The zero-order chi connectivity index (χ0) is 24.9. The Morgan fingerprint density at radius 3 is 2.44 bits per heavy atom. The van der Waals surface area contributed by atoms with Crippen molar-refractivity contribution in [2.24, 2.45) is 0 Å². The van der Waals surface area contributed by atoms with Crippen molar-refractivity contribution in [2.45, 2.75) is 60.4 Å². The standard InChI is InChI=1S/C29H31N5/c1-8-9-34-25-10-16(2)20(11-21(25)17(3)13-29(34,6)7)12-22-18(4)23(14-30)27-26(22)19(5)24(15-31)28(32)33-27/h10-13H,8-9H2,1-7H3,(H2,32,33)/b22-12+. The maximum absolute atomic E-state index is 9.86. The maximum Gasteiger partial charge on any atom is 0.142 e. The van der Waals surface area contributed by atoms with E-state index >= 15 is 0 Å². The molecule has 2 N–H and O–H groups in total. The van der Waals surface area contributed by atoms with E-state index in [-0.39, 0.29) is 11.4 Å². The van der Waals surface area contributed by atoms with Crippen LogP contribution in [0.1, 0.15) is 80.1 Å². The fourth-order valence-corrected chi connectivity index (χ4v) is 5.38. The van der Waals surface area contributed by atoms with Crippen molar-refractivity contribution in [2.75, 3.05) is 17.2 Å². The molecule has 0 atom stereocenters. The number of aryl methyl sites for hydroxylation is 1. The smallest absolute Gasteiger partial charge is 0.142 e. The molecule has 0 radical (unpaired) electrons. The Labute approximate surface area is 202 Å². The zero-order valence-corrected chi connectivity index (χ0v) is 21.1. The van der Waals surface area contributed by atoms with E-state index in [0.29, 0.717) is 16.8 Å². The summed E-state index contributed by atoms with van der Waals surface area (Å²) in [6.07, 6.45) is 5.56. The lowest BCUT2D eigenvalue weighted by Gasteiger charge is -2.43. The van der Waals surface area contributed by atoms with Crippen molar-refractivity contribution < 1.29 is 0 Å². The topological polar surface area (TPSA) is 89.7 Å². The number of benzene rings is 1. The van der Waals surface area contributed by atoms with Gasteiger partial charge in [-0.15, -0.1) is 0 Å². The van der Waals surface area contributed by atoms with Crippen molar-refractivity contribution in [3.63, 3.8) is 0 Å². The van der Waals surface area contributed by atoms with E-state index in [1.54, 1.807) is 0 Å². The van der Waals surface area contributed by atoms with Crippen molar-refractivity contribution in [3.05, 3.63) is 62.9 Å². The van der Waals surface area contributed by atoms with Crippen molar-refractivity contribution >= 4 is 34.3 Å². The Kier molecular flexibility index (Phi) is 5.62. The SMILES string of the molecule is CCCN1c2cc(C)c(/C=C3\C(C)=C(C#N)c4nc(N)c(C#N)c(C)c43)cc2C(C)=CC1(C)C. The summed E-state index contributed by atoms with van der Waals surface area (Å²) in [6.45, 7) is 15.9. The first-order valence-corrected chi connectivity index (χ1v) is 11.7. The number of anilines is 2. The van der Waals surface area contributed by atoms with Crippen LogP contribution in [0.15, 0.2) is 23.8 Å². The molecule has 0 unspecified atom stereocenters. The number of aromatic nitrogens is 1. The summed E-state index contributed by atoms with van der Waals surface area (Å²) in [6, 6.07) is 9.02. The number of rotatable bonds is 3. The maximum atomic E-state index is 9.86. The Bertz CT molecular complexity index is 1400. The fourth-order valence-electron chi connectivity index (χ4n) is 5.38. The minimum atomic E-state index is -0.0403. The molecule has 1 aromatic heterocycles. The summed E-state index contributed by atoms with van der Waals surface area (Å²) in [7, 11) is 0. The molecule has 2 aromatic rings. The molecule has 1 aliphatic carbocycles. The quantitative estimate of drug-likeness (QED) is 0.584. The van der Waals surface area contributed by atoms with Gasteiger partial charge in [0.1, 0.15) is 18.0 Å². The molecule has 0 bridgehead atoms. The predicted molar refractivity (Wildman–Crippen MR) is 141 cm³/mol. The molecule has 5 heteroatoms. The third-order valence-electron chi connectivity index (χ3n) is 7.10. The Balaban J connectivity index is 1.96. The van der Waals surface area contributed by atoms with E-state index in [0.717, 1.165) is 40.8 Å². The monoisotopic (exact) mass is 449 g/mol. The summed E-state index contributed by atoms with van der Waals surface area (Å²) >= 11 is 0. The minimum absolute atomic E-state index is 0.0403. The second-order valence-electron chi connectivity index (χ2n) is 9.86. The van der Waals surface area contributed by atoms with E-state index in [4.69, 9.17) is 5.73 Å². The molecular weight excluding hydrogens is 418 g/mol. The average Bonchev–Trinajstić information content (AvgIpc) is 3.02. The van der Waals surface area contributed by atoms with E-state index < -0.39 is 0 Å². The number of pyridine rings is 1. The number of nitrogens with two attached hydrogens (primary N) is 1. The molecule has 0 saturated heterocycles. The molecule has 4 rings (SSSR count). The number of allylic oxidation sites excluding steroid dienone is 4. The highest BCUT2D eigenvalue weighted by Gasteiger charge is 2.32. The van der Waals surface area contributed by atoms with Gasteiger partial charge < -0.3 is 10.6 Å². The molecule has 34 heavy (non-hydrogen) atoms. The second kappa shape index (κ2) is 8.19. The van der Waals surface area contributed by atoms with E-state index in [9.17, 15) is 10.5 Å². The van der Waals surface area contributed by atoms with E-state index in [1.807, 2.05) is 13.8 Å². The zero-order valence-electron chi connectivity index (χ0n) is 21.1. The summed E-state index contributed by atoms with van der Waals surface area (Å²) in [5, 5.41) is 19.5. The highest BCUT2D eigenvalue weighted by atomic mass is 15.2. The van der Waals surface area contributed by atoms with E-state index in [1.165, 1.54) is 22.4 Å². The normalized spacial score (nSPS) is 17.3. The minimum Gasteiger partial charge on any atom is -0.383 e. The fraction of sp³-hybridized carbons (Fsp3) is 0.345. The first-order chi connectivity index (χ1) is 16.0. The first kappa shape index (κ1) is 23.3. The number of nitrogen functional groups attached to an aromatic ring is 1. The lowest BCUT2D eigenvalue weighted by molar-refractivity contribution is 0.550. The molecule has 5 nitrogen and oxygen atoms in total. The molecule has 0 fully saturated rings. The van der Waals surface area contributed by atoms with E-state index in [2.05, 4.69) is 80.9 Å². The van der Waals surface area contributed by atoms with Crippen LogP contribution in [0.5, 0.6) is 0 Å². The van der Waals surface area contributed by atoms with Crippen LogP contribution in [-0.2, 0) is 0 Å². The van der Waals surface area contributed by atoms with Crippen molar-refractivity contribution in [3.8, 4) is 12.1 Å². The van der Waals surface area contributed by atoms with Crippen LogP contribution in [0.3, 0.4) is 0 Å². The molecule has 2 aliphatic rings. The van der Waals surface area contributed by atoms with Crippen LogP contribution in [0, 0.1) is 36.5 Å². The first-order valence-electron chi connectivity index (χ1n) is 11.7. The van der Waals surface area contributed by atoms with Gasteiger partial charge >= 0.3 is 0 Å². The number of fused-ring (bicyclic) bond motifs is 2. The predicted octanol–water partition coefficient (Wildman–Crippen LogP) is 6.42. The number of hydrogen-bond acceptors (Lipinski definition) is 5. The lowest BCUT2D eigenvalue weighted by atomic mass is 9.86. The van der Waals surface area contributed by atoms with Crippen LogP contribution in [0.25, 0.3) is 22.8 Å². The number of nitriles is 2. The van der Waals surface area contributed by atoms with Crippen LogP contribution >= 0.6 is 0 Å². The van der Waals surface area contributed by atoms with Gasteiger partial charge in [-0.05, 0) is 99.6 Å². The Morgan fingerprint density at radius 2 is 1.82 bits per heavy atom. The summed E-state index contributed by atoms with van der Waals surface area (Å²) in [4.78, 5) is 6.93. The second-order valence-corrected chi connectivity index (χ2v) is 9.86. The molecule has 0 amide bonds. The van der Waals surface area contributed by atoms with Crippen LogP contribution in [0.4, 0.5) is 11.5 Å². The molecule has 0 spiro atoms. The van der Waals surface area contributed by atoms with Crippen molar-refractivity contribution in [1.82, 2.24) is 4.98 Å². The summed E-state index contributed by atoms with van der Waals surface area (Å²) < 4.78 is 0. The van der Waals surface area contributed by atoms with Gasteiger partial charge in [0.15, 0.2) is 0 Å². The third kappa shape index (κ3) is 3.40.